The Morgan fingerprint density at radius 1 is 1.19 bits per heavy atom. The Balaban J connectivity index is 2.19. The van der Waals surface area contributed by atoms with Crippen LogP contribution in [0, 0.1) is 0 Å². The second-order valence-corrected chi connectivity index (χ2v) is 8.27. The van der Waals surface area contributed by atoms with E-state index in [-0.39, 0.29) is 10.2 Å². The van der Waals surface area contributed by atoms with Crippen LogP contribution in [0.15, 0.2) is 36.4 Å². The Kier molecular flexibility index (Phi) is 5.50. The Morgan fingerprint density at radius 3 is 2.57 bits per heavy atom. The molecule has 0 spiro atoms. The van der Waals surface area contributed by atoms with Gasteiger partial charge < -0.3 is 4.74 Å². The van der Waals surface area contributed by atoms with Gasteiger partial charge in [-0.25, -0.2) is 0 Å². The summed E-state index contributed by atoms with van der Waals surface area (Å²) < 4.78 is 5.72. The molecule has 1 heterocycles. The van der Waals surface area contributed by atoms with Crippen molar-refractivity contribution >= 4 is 27.3 Å². The van der Waals surface area contributed by atoms with Crippen LogP contribution in [0.4, 0.5) is 0 Å². The Hall–Kier alpha value is -0.800. The molecule has 2 aromatic rings. The van der Waals surface area contributed by atoms with Gasteiger partial charge >= 0.3 is 0 Å². The molecule has 0 amide bonds. The largest absolute Gasteiger partial charge is 0.494 e. The van der Waals surface area contributed by atoms with Crippen LogP contribution >= 0.6 is 27.3 Å². The lowest BCUT2D eigenvalue weighted by Gasteiger charge is -2.16. The number of ether oxygens (including phenoxy) is 1. The Bertz CT molecular complexity index is 583. The van der Waals surface area contributed by atoms with Crippen molar-refractivity contribution in [2.45, 2.75) is 44.4 Å². The zero-order chi connectivity index (χ0) is 15.5. The molecule has 0 saturated heterocycles. The molecule has 0 radical (unpaired) electrons. The summed E-state index contributed by atoms with van der Waals surface area (Å²) in [6, 6.07) is 12.8. The monoisotopic (exact) mass is 366 g/mol. The average molecular weight is 367 g/mol. The fourth-order valence-electron chi connectivity index (χ4n) is 2.04. The summed E-state index contributed by atoms with van der Waals surface area (Å²) in [5, 5.41) is 0. The lowest BCUT2D eigenvalue weighted by Crippen LogP contribution is -2.07. The fraction of sp³-hybridized carbons (Fsp3) is 0.444. The van der Waals surface area contributed by atoms with Crippen molar-refractivity contribution in [2.75, 3.05) is 6.61 Å². The van der Waals surface area contributed by atoms with E-state index in [4.69, 9.17) is 4.74 Å². The molecule has 0 fully saturated rings. The molecule has 2 rings (SSSR count). The quantitative estimate of drug-likeness (QED) is 0.562. The van der Waals surface area contributed by atoms with E-state index in [2.05, 4.69) is 74.0 Å². The van der Waals surface area contributed by atoms with E-state index in [9.17, 15) is 0 Å². The second-order valence-electron chi connectivity index (χ2n) is 6.24. The molecule has 0 N–H and O–H groups in total. The summed E-state index contributed by atoms with van der Waals surface area (Å²) >= 11 is 5.71. The van der Waals surface area contributed by atoms with E-state index in [1.807, 2.05) is 17.4 Å². The smallest absolute Gasteiger partial charge is 0.119 e. The van der Waals surface area contributed by atoms with Crippen molar-refractivity contribution < 1.29 is 4.74 Å². The molecule has 21 heavy (non-hydrogen) atoms. The van der Waals surface area contributed by atoms with Crippen LogP contribution in [0.5, 0.6) is 5.75 Å². The predicted octanol–water partition coefficient (Wildman–Crippen LogP) is 6.32. The second kappa shape index (κ2) is 6.97. The summed E-state index contributed by atoms with van der Waals surface area (Å²) in [6.45, 7) is 9.65. The number of rotatable bonds is 5. The highest BCUT2D eigenvalue weighted by atomic mass is 79.9. The van der Waals surface area contributed by atoms with Gasteiger partial charge in [0.15, 0.2) is 0 Å². The van der Waals surface area contributed by atoms with Gasteiger partial charge in [-0.05, 0) is 41.7 Å². The first kappa shape index (κ1) is 16.6. The molecule has 1 unspecified atom stereocenters. The van der Waals surface area contributed by atoms with E-state index >= 15 is 0 Å². The first-order valence-electron chi connectivity index (χ1n) is 7.39. The van der Waals surface area contributed by atoms with Gasteiger partial charge in [-0.2, -0.15) is 0 Å². The molecule has 1 nitrogen and oxygen atoms in total. The molecule has 3 heteroatoms. The van der Waals surface area contributed by atoms with Crippen LogP contribution in [0.2, 0.25) is 0 Å². The standard InChI is InChI=1S/C18H23BrOS/c1-5-11-20-14-8-6-7-13(12-14)17(19)15-9-10-16(21-15)18(2,3)4/h6-10,12,17H,5,11H2,1-4H3. The lowest BCUT2D eigenvalue weighted by atomic mass is 9.95. The van der Waals surface area contributed by atoms with Gasteiger partial charge in [0.1, 0.15) is 5.75 Å². The normalized spacial score (nSPS) is 13.2. The Labute approximate surface area is 140 Å². The van der Waals surface area contributed by atoms with Crippen LogP contribution in [0.25, 0.3) is 0 Å². The average Bonchev–Trinajstić information content (AvgIpc) is 2.94. The van der Waals surface area contributed by atoms with Crippen molar-refractivity contribution in [2.24, 2.45) is 0 Å². The number of benzene rings is 1. The molecule has 1 aromatic heterocycles. The molecule has 0 bridgehead atoms. The van der Waals surface area contributed by atoms with Crippen molar-refractivity contribution in [3.8, 4) is 5.75 Å². The zero-order valence-corrected chi connectivity index (χ0v) is 15.6. The summed E-state index contributed by atoms with van der Waals surface area (Å²) in [4.78, 5) is 2.98. The third-order valence-corrected chi connectivity index (χ3v) is 6.14. The van der Waals surface area contributed by atoms with Gasteiger partial charge in [-0.1, -0.05) is 55.8 Å². The van der Waals surface area contributed by atoms with Gasteiger partial charge in [0.25, 0.3) is 0 Å². The minimum absolute atomic E-state index is 0.210. The van der Waals surface area contributed by atoms with E-state index in [0.717, 1.165) is 18.8 Å². The first-order chi connectivity index (χ1) is 9.91. The van der Waals surface area contributed by atoms with E-state index in [1.54, 1.807) is 0 Å². The highest BCUT2D eigenvalue weighted by molar-refractivity contribution is 9.09. The third-order valence-electron chi connectivity index (χ3n) is 3.24. The minimum Gasteiger partial charge on any atom is -0.494 e. The van der Waals surface area contributed by atoms with Crippen LogP contribution in [-0.2, 0) is 5.41 Å². The van der Waals surface area contributed by atoms with Gasteiger partial charge in [0, 0.05) is 9.75 Å². The number of hydrogen-bond donors (Lipinski definition) is 0. The van der Waals surface area contributed by atoms with Gasteiger partial charge in [0.05, 0.1) is 11.4 Å². The molecule has 1 atom stereocenters. The van der Waals surface area contributed by atoms with Crippen LogP contribution < -0.4 is 4.74 Å². The van der Waals surface area contributed by atoms with Crippen molar-refractivity contribution in [3.05, 3.63) is 51.7 Å². The Morgan fingerprint density at radius 2 is 1.95 bits per heavy atom. The van der Waals surface area contributed by atoms with E-state index in [0.29, 0.717) is 0 Å². The maximum atomic E-state index is 5.72. The highest BCUT2D eigenvalue weighted by Crippen LogP contribution is 2.39. The fourth-order valence-corrected chi connectivity index (χ4v) is 3.83. The highest BCUT2D eigenvalue weighted by Gasteiger charge is 2.19. The van der Waals surface area contributed by atoms with E-state index in [1.165, 1.54) is 15.3 Å². The summed E-state index contributed by atoms with van der Waals surface area (Å²) in [5.74, 6) is 0.950. The zero-order valence-electron chi connectivity index (χ0n) is 13.2. The SMILES string of the molecule is CCCOc1cccc(C(Br)c2ccc(C(C)(C)C)s2)c1. The van der Waals surface area contributed by atoms with Gasteiger partial charge in [-0.3, -0.25) is 0 Å². The third kappa shape index (κ3) is 4.33. The summed E-state index contributed by atoms with van der Waals surface area (Å²) in [7, 11) is 0. The molecule has 0 saturated carbocycles. The molecular formula is C18H23BrOS. The number of hydrogen-bond acceptors (Lipinski definition) is 2. The van der Waals surface area contributed by atoms with Crippen molar-refractivity contribution in [1.82, 2.24) is 0 Å². The predicted molar refractivity (Wildman–Crippen MR) is 96.0 cm³/mol. The number of halogens is 1. The minimum atomic E-state index is 0.210. The number of thiophene rings is 1. The molecule has 0 aliphatic rings. The molecule has 114 valence electrons. The van der Waals surface area contributed by atoms with Crippen LogP contribution in [-0.4, -0.2) is 6.61 Å². The first-order valence-corrected chi connectivity index (χ1v) is 9.12. The van der Waals surface area contributed by atoms with Gasteiger partial charge in [-0.15, -0.1) is 11.3 Å². The maximum absolute atomic E-state index is 5.72. The number of alkyl halides is 1. The topological polar surface area (TPSA) is 9.23 Å². The van der Waals surface area contributed by atoms with Gasteiger partial charge in [0.2, 0.25) is 0 Å². The molecule has 1 aromatic carbocycles. The van der Waals surface area contributed by atoms with Crippen molar-refractivity contribution in [3.63, 3.8) is 0 Å². The van der Waals surface area contributed by atoms with Crippen LogP contribution in [0.3, 0.4) is 0 Å². The molecular weight excluding hydrogens is 344 g/mol. The lowest BCUT2D eigenvalue weighted by molar-refractivity contribution is 0.317. The van der Waals surface area contributed by atoms with E-state index < -0.39 is 0 Å². The van der Waals surface area contributed by atoms with Crippen molar-refractivity contribution in [1.29, 1.82) is 0 Å². The molecule has 0 aliphatic carbocycles. The maximum Gasteiger partial charge on any atom is 0.119 e. The molecule has 0 aliphatic heterocycles. The summed E-state index contributed by atoms with van der Waals surface area (Å²) in [6.07, 6.45) is 1.03. The summed E-state index contributed by atoms with van der Waals surface area (Å²) in [5.41, 5.74) is 1.45. The van der Waals surface area contributed by atoms with Crippen LogP contribution in [0.1, 0.15) is 54.3 Å².